The zero-order valence-corrected chi connectivity index (χ0v) is 9.27. The molecule has 0 bridgehead atoms. The molecule has 0 fully saturated rings. The van der Waals surface area contributed by atoms with Gasteiger partial charge in [-0.25, -0.2) is 4.39 Å². The normalized spacial score (nSPS) is 15.1. The number of thioether (sulfide) groups is 1. The predicted octanol–water partition coefficient (Wildman–Crippen LogP) is 3.08. The van der Waals surface area contributed by atoms with Crippen LogP contribution < -0.4 is 0 Å². The maximum atomic E-state index is 12.8. The Balaban J connectivity index is 2.54. The predicted molar refractivity (Wildman–Crippen MR) is 58.0 cm³/mol. The molecule has 14 heavy (non-hydrogen) atoms. The first-order chi connectivity index (χ1) is 6.53. The molecular weight excluding hydrogens is 199 g/mol. The summed E-state index contributed by atoms with van der Waals surface area (Å²) in [6.07, 6.45) is 0.704. The third-order valence-electron chi connectivity index (χ3n) is 2.11. The van der Waals surface area contributed by atoms with Crippen LogP contribution in [0, 0.1) is 5.82 Å². The van der Waals surface area contributed by atoms with Gasteiger partial charge in [0.15, 0.2) is 0 Å². The van der Waals surface area contributed by atoms with Gasteiger partial charge in [-0.05, 0) is 31.5 Å². The minimum atomic E-state index is -0.670. The van der Waals surface area contributed by atoms with Crippen molar-refractivity contribution in [3.05, 3.63) is 30.1 Å². The monoisotopic (exact) mass is 214 g/mol. The van der Waals surface area contributed by atoms with Crippen molar-refractivity contribution in [2.45, 2.75) is 30.8 Å². The summed E-state index contributed by atoms with van der Waals surface area (Å²) in [5.74, 6) is 0.360. The highest BCUT2D eigenvalue weighted by atomic mass is 32.2. The van der Waals surface area contributed by atoms with Gasteiger partial charge >= 0.3 is 0 Å². The van der Waals surface area contributed by atoms with E-state index >= 15 is 0 Å². The Morgan fingerprint density at radius 3 is 2.79 bits per heavy atom. The first-order valence-corrected chi connectivity index (χ1v) is 5.63. The molecule has 0 radical (unpaired) electrons. The number of benzene rings is 1. The van der Waals surface area contributed by atoms with Crippen LogP contribution in [0.2, 0.25) is 0 Å². The summed E-state index contributed by atoms with van der Waals surface area (Å²) in [6, 6.07) is 6.43. The average molecular weight is 214 g/mol. The second-order valence-electron chi connectivity index (χ2n) is 3.60. The van der Waals surface area contributed by atoms with Gasteiger partial charge in [0.2, 0.25) is 0 Å². The van der Waals surface area contributed by atoms with Crippen LogP contribution in [0.4, 0.5) is 4.39 Å². The second-order valence-corrected chi connectivity index (χ2v) is 4.65. The first kappa shape index (κ1) is 11.5. The van der Waals surface area contributed by atoms with Crippen LogP contribution in [0.25, 0.3) is 0 Å². The zero-order valence-electron chi connectivity index (χ0n) is 8.46. The molecule has 1 aromatic rings. The van der Waals surface area contributed by atoms with Gasteiger partial charge < -0.3 is 5.11 Å². The van der Waals surface area contributed by atoms with E-state index in [-0.39, 0.29) is 5.82 Å². The minimum Gasteiger partial charge on any atom is -0.389 e. The van der Waals surface area contributed by atoms with Gasteiger partial charge in [0.05, 0.1) is 5.60 Å². The number of hydrogen-bond acceptors (Lipinski definition) is 2. The average Bonchev–Trinajstić information content (AvgIpc) is 2.15. The van der Waals surface area contributed by atoms with Crippen molar-refractivity contribution >= 4 is 11.8 Å². The Bertz CT molecular complexity index is 299. The van der Waals surface area contributed by atoms with Crippen LogP contribution in [-0.2, 0) is 0 Å². The number of aliphatic hydroxyl groups is 1. The van der Waals surface area contributed by atoms with Crippen molar-refractivity contribution in [1.29, 1.82) is 0 Å². The van der Waals surface area contributed by atoms with Gasteiger partial charge in [-0.2, -0.15) is 0 Å². The fourth-order valence-electron chi connectivity index (χ4n) is 0.898. The van der Waals surface area contributed by atoms with E-state index in [2.05, 4.69) is 0 Å². The van der Waals surface area contributed by atoms with E-state index in [9.17, 15) is 9.50 Å². The fourth-order valence-corrected chi connectivity index (χ4v) is 1.95. The smallest absolute Gasteiger partial charge is 0.124 e. The SMILES string of the molecule is CCC(C)(O)CSc1cccc(F)c1. The van der Waals surface area contributed by atoms with Crippen molar-refractivity contribution in [3.8, 4) is 0 Å². The summed E-state index contributed by atoms with van der Waals surface area (Å²) in [5, 5.41) is 9.74. The van der Waals surface area contributed by atoms with E-state index in [1.807, 2.05) is 13.0 Å². The largest absolute Gasteiger partial charge is 0.389 e. The molecule has 0 aliphatic rings. The van der Waals surface area contributed by atoms with Crippen molar-refractivity contribution in [1.82, 2.24) is 0 Å². The Kier molecular flexibility index (Phi) is 3.96. The van der Waals surface area contributed by atoms with Crippen LogP contribution in [0.5, 0.6) is 0 Å². The molecule has 0 aliphatic heterocycles. The van der Waals surface area contributed by atoms with Crippen LogP contribution in [0.15, 0.2) is 29.2 Å². The third-order valence-corrected chi connectivity index (χ3v) is 3.46. The second kappa shape index (κ2) is 4.80. The highest BCUT2D eigenvalue weighted by Crippen LogP contribution is 2.24. The molecule has 1 unspecified atom stereocenters. The highest BCUT2D eigenvalue weighted by Gasteiger charge is 2.17. The lowest BCUT2D eigenvalue weighted by molar-refractivity contribution is 0.0816. The molecule has 78 valence electrons. The van der Waals surface area contributed by atoms with Crippen LogP contribution in [-0.4, -0.2) is 16.5 Å². The van der Waals surface area contributed by atoms with Gasteiger partial charge in [0.25, 0.3) is 0 Å². The standard InChI is InChI=1S/C11H15FOS/c1-3-11(2,13)8-14-10-6-4-5-9(12)7-10/h4-7,13H,3,8H2,1-2H3. The Morgan fingerprint density at radius 2 is 2.21 bits per heavy atom. The molecule has 1 nitrogen and oxygen atoms in total. The minimum absolute atomic E-state index is 0.230. The fraction of sp³-hybridized carbons (Fsp3) is 0.455. The molecule has 0 heterocycles. The molecular formula is C11H15FOS. The summed E-state index contributed by atoms with van der Waals surface area (Å²) in [7, 11) is 0. The van der Waals surface area contributed by atoms with Gasteiger partial charge in [0, 0.05) is 10.6 Å². The molecule has 1 N–H and O–H groups in total. The van der Waals surface area contributed by atoms with E-state index in [1.54, 1.807) is 13.0 Å². The molecule has 3 heteroatoms. The number of hydrogen-bond donors (Lipinski definition) is 1. The van der Waals surface area contributed by atoms with Crippen molar-refractivity contribution < 1.29 is 9.50 Å². The summed E-state index contributed by atoms with van der Waals surface area (Å²) in [4.78, 5) is 0.860. The lowest BCUT2D eigenvalue weighted by Gasteiger charge is -2.20. The van der Waals surface area contributed by atoms with Crippen LogP contribution in [0.3, 0.4) is 0 Å². The molecule has 0 aliphatic carbocycles. The van der Waals surface area contributed by atoms with Gasteiger partial charge in [-0.1, -0.05) is 13.0 Å². The topological polar surface area (TPSA) is 20.2 Å². The zero-order chi connectivity index (χ0) is 10.6. The molecule has 1 atom stereocenters. The molecule has 0 saturated carbocycles. The maximum Gasteiger partial charge on any atom is 0.124 e. The summed E-state index contributed by atoms with van der Waals surface area (Å²) in [5.41, 5.74) is -0.670. The van der Waals surface area contributed by atoms with Crippen LogP contribution >= 0.6 is 11.8 Å². The Labute approximate surface area is 88.3 Å². The van der Waals surface area contributed by atoms with Crippen LogP contribution in [0.1, 0.15) is 20.3 Å². The van der Waals surface area contributed by atoms with E-state index < -0.39 is 5.60 Å². The molecule has 0 saturated heterocycles. The van der Waals surface area contributed by atoms with E-state index in [4.69, 9.17) is 0 Å². The number of rotatable bonds is 4. The van der Waals surface area contributed by atoms with Crippen molar-refractivity contribution in [2.75, 3.05) is 5.75 Å². The molecule has 0 aromatic heterocycles. The summed E-state index contributed by atoms with van der Waals surface area (Å²) < 4.78 is 12.8. The van der Waals surface area contributed by atoms with Gasteiger partial charge in [0.1, 0.15) is 5.82 Å². The quantitative estimate of drug-likeness (QED) is 0.777. The van der Waals surface area contributed by atoms with Gasteiger partial charge in [-0.3, -0.25) is 0 Å². The Hall–Kier alpha value is -0.540. The van der Waals surface area contributed by atoms with Crippen molar-refractivity contribution in [2.24, 2.45) is 0 Å². The first-order valence-electron chi connectivity index (χ1n) is 4.64. The maximum absolute atomic E-state index is 12.8. The van der Waals surface area contributed by atoms with Gasteiger partial charge in [-0.15, -0.1) is 11.8 Å². The summed E-state index contributed by atoms with van der Waals surface area (Å²) >= 11 is 1.48. The Morgan fingerprint density at radius 1 is 1.50 bits per heavy atom. The number of halogens is 1. The molecule has 0 amide bonds. The lowest BCUT2D eigenvalue weighted by atomic mass is 10.1. The van der Waals surface area contributed by atoms with E-state index in [0.29, 0.717) is 12.2 Å². The van der Waals surface area contributed by atoms with Crippen molar-refractivity contribution in [3.63, 3.8) is 0 Å². The van der Waals surface area contributed by atoms with E-state index in [1.165, 1.54) is 23.9 Å². The van der Waals surface area contributed by atoms with E-state index in [0.717, 1.165) is 4.90 Å². The highest BCUT2D eigenvalue weighted by molar-refractivity contribution is 7.99. The lowest BCUT2D eigenvalue weighted by Crippen LogP contribution is -2.25. The molecule has 0 spiro atoms. The third kappa shape index (κ3) is 3.68. The molecule has 1 rings (SSSR count). The molecule has 1 aromatic carbocycles. The summed E-state index contributed by atoms with van der Waals surface area (Å²) in [6.45, 7) is 3.73.